The number of benzene rings is 2. The molecule has 0 saturated carbocycles. The number of piperidine rings is 2. The van der Waals surface area contributed by atoms with Gasteiger partial charge in [0.05, 0.1) is 5.56 Å². The second-order valence-electron chi connectivity index (χ2n) is 8.64. The molecular formula is C25H27F3N2O3. The maximum Gasteiger partial charge on any atom is 0.416 e. The van der Waals surface area contributed by atoms with Crippen molar-refractivity contribution in [3.63, 3.8) is 0 Å². The van der Waals surface area contributed by atoms with Gasteiger partial charge in [0.15, 0.2) is 6.10 Å². The third kappa shape index (κ3) is 4.90. The van der Waals surface area contributed by atoms with Crippen molar-refractivity contribution in [2.75, 3.05) is 26.7 Å². The molecule has 0 unspecified atom stereocenters. The lowest BCUT2D eigenvalue weighted by atomic mass is 9.83. The van der Waals surface area contributed by atoms with Gasteiger partial charge in [-0.25, -0.2) is 0 Å². The van der Waals surface area contributed by atoms with Crippen molar-refractivity contribution < 1.29 is 27.5 Å². The van der Waals surface area contributed by atoms with E-state index in [4.69, 9.17) is 4.74 Å². The summed E-state index contributed by atoms with van der Waals surface area (Å²) in [5.41, 5.74) is 0.279. The molecular weight excluding hydrogens is 433 g/mol. The first-order valence-corrected chi connectivity index (χ1v) is 11.1. The molecule has 2 aromatic carbocycles. The fourth-order valence-electron chi connectivity index (χ4n) is 5.00. The molecule has 2 amide bonds. The lowest BCUT2D eigenvalue weighted by molar-refractivity contribution is -0.149. The molecule has 4 rings (SSSR count). The third-order valence-corrected chi connectivity index (χ3v) is 6.66. The lowest BCUT2D eigenvalue weighted by Crippen LogP contribution is -2.57. The number of halogens is 3. The number of carbonyl (C=O) groups excluding carboxylic acids is 2. The Bertz CT molecular complexity index is 979. The summed E-state index contributed by atoms with van der Waals surface area (Å²) in [4.78, 5) is 29.9. The Morgan fingerprint density at radius 2 is 1.70 bits per heavy atom. The topological polar surface area (TPSA) is 49.9 Å². The zero-order valence-electron chi connectivity index (χ0n) is 18.4. The first-order valence-electron chi connectivity index (χ1n) is 11.1. The number of nitrogens with zero attached hydrogens (tertiary/aromatic N) is 2. The third-order valence-electron chi connectivity index (χ3n) is 6.66. The van der Waals surface area contributed by atoms with Crippen molar-refractivity contribution in [2.45, 2.75) is 37.6 Å². The highest BCUT2D eigenvalue weighted by Gasteiger charge is 2.41. The molecule has 5 nitrogen and oxygen atoms in total. The molecule has 3 atom stereocenters. The highest BCUT2D eigenvalue weighted by atomic mass is 19.4. The lowest BCUT2D eigenvalue weighted by Gasteiger charge is -2.48. The Morgan fingerprint density at radius 3 is 2.33 bits per heavy atom. The highest BCUT2D eigenvalue weighted by molar-refractivity contribution is 5.94. The molecule has 2 aromatic rings. The van der Waals surface area contributed by atoms with Crippen LogP contribution < -0.4 is 0 Å². The molecule has 176 valence electrons. The molecule has 2 heterocycles. The van der Waals surface area contributed by atoms with Crippen LogP contribution in [-0.4, -0.2) is 54.4 Å². The van der Waals surface area contributed by atoms with Gasteiger partial charge in [0.1, 0.15) is 0 Å². The molecule has 2 saturated heterocycles. The van der Waals surface area contributed by atoms with Crippen molar-refractivity contribution in [3.8, 4) is 0 Å². The smallest absolute Gasteiger partial charge is 0.367 e. The van der Waals surface area contributed by atoms with Gasteiger partial charge in [-0.3, -0.25) is 9.59 Å². The molecule has 0 spiro atoms. The molecule has 0 radical (unpaired) electrons. The summed E-state index contributed by atoms with van der Waals surface area (Å²) in [6.45, 7) is 1.59. The predicted octanol–water partition coefficient (Wildman–Crippen LogP) is 4.55. The SMILES string of the molecule is CO[C@@H](C(=O)N1CCC[C@@H]2CN(C(=O)c3ccc(C(F)(F)F)cc3)CC[C@@H]21)c1ccccc1. The van der Waals surface area contributed by atoms with Crippen LogP contribution in [-0.2, 0) is 15.7 Å². The Balaban J connectivity index is 1.44. The van der Waals surface area contributed by atoms with E-state index in [0.717, 1.165) is 30.5 Å². The maximum atomic E-state index is 13.4. The van der Waals surface area contributed by atoms with Gasteiger partial charge in [0.2, 0.25) is 0 Å². The molecule has 33 heavy (non-hydrogen) atoms. The minimum Gasteiger partial charge on any atom is -0.367 e. The summed E-state index contributed by atoms with van der Waals surface area (Å²) in [5, 5.41) is 0. The summed E-state index contributed by atoms with van der Waals surface area (Å²) < 4.78 is 44.0. The van der Waals surface area contributed by atoms with E-state index in [-0.39, 0.29) is 29.3 Å². The highest BCUT2D eigenvalue weighted by Crippen LogP contribution is 2.34. The minimum atomic E-state index is -4.43. The average molecular weight is 460 g/mol. The van der Waals surface area contributed by atoms with E-state index in [0.29, 0.717) is 26.1 Å². The van der Waals surface area contributed by atoms with Crippen LogP contribution in [0.1, 0.15) is 46.9 Å². The van der Waals surface area contributed by atoms with Crippen molar-refractivity contribution in [1.29, 1.82) is 0 Å². The Kier molecular flexibility index (Phi) is 6.74. The summed E-state index contributed by atoms with van der Waals surface area (Å²) in [6.07, 6.45) is -2.74. The molecule has 0 N–H and O–H groups in total. The van der Waals surface area contributed by atoms with Gasteiger partial charge in [-0.05, 0) is 55.0 Å². The van der Waals surface area contributed by atoms with Crippen LogP contribution >= 0.6 is 0 Å². The number of fused-ring (bicyclic) bond motifs is 1. The number of alkyl halides is 3. The molecule has 0 aliphatic carbocycles. The van der Waals surface area contributed by atoms with Crippen LogP contribution in [0, 0.1) is 5.92 Å². The molecule has 2 aliphatic rings. The quantitative estimate of drug-likeness (QED) is 0.673. The van der Waals surface area contributed by atoms with E-state index in [9.17, 15) is 22.8 Å². The Morgan fingerprint density at radius 1 is 1.00 bits per heavy atom. The van der Waals surface area contributed by atoms with E-state index in [2.05, 4.69) is 0 Å². The second kappa shape index (κ2) is 9.55. The van der Waals surface area contributed by atoms with E-state index in [1.54, 1.807) is 4.90 Å². The first-order chi connectivity index (χ1) is 15.8. The molecule has 2 fully saturated rings. The minimum absolute atomic E-state index is 0.0178. The Labute approximate surface area is 191 Å². The van der Waals surface area contributed by atoms with E-state index in [1.807, 2.05) is 35.2 Å². The van der Waals surface area contributed by atoms with Gasteiger partial charge in [-0.1, -0.05) is 30.3 Å². The van der Waals surface area contributed by atoms with Crippen LogP contribution in [0.4, 0.5) is 13.2 Å². The first kappa shape index (κ1) is 23.3. The zero-order chi connectivity index (χ0) is 23.6. The number of likely N-dealkylation sites (tertiary alicyclic amines) is 2. The van der Waals surface area contributed by atoms with Crippen LogP contribution in [0.15, 0.2) is 54.6 Å². The summed E-state index contributed by atoms with van der Waals surface area (Å²) in [5.74, 6) is -0.214. The van der Waals surface area contributed by atoms with Gasteiger partial charge < -0.3 is 14.5 Å². The van der Waals surface area contributed by atoms with Crippen molar-refractivity contribution in [2.24, 2.45) is 5.92 Å². The summed E-state index contributed by atoms with van der Waals surface area (Å²) in [6, 6.07) is 13.7. The van der Waals surface area contributed by atoms with Crippen molar-refractivity contribution in [3.05, 3.63) is 71.3 Å². The number of rotatable bonds is 4. The van der Waals surface area contributed by atoms with Crippen LogP contribution in [0.3, 0.4) is 0 Å². The van der Waals surface area contributed by atoms with E-state index in [1.165, 1.54) is 19.2 Å². The fourth-order valence-corrected chi connectivity index (χ4v) is 5.00. The van der Waals surface area contributed by atoms with Gasteiger partial charge in [0, 0.05) is 38.3 Å². The van der Waals surface area contributed by atoms with Crippen molar-refractivity contribution >= 4 is 11.8 Å². The predicted molar refractivity (Wildman–Crippen MR) is 116 cm³/mol. The number of hydrogen-bond donors (Lipinski definition) is 0. The molecule has 0 aromatic heterocycles. The average Bonchev–Trinajstić information content (AvgIpc) is 2.83. The molecule has 2 aliphatic heterocycles. The molecule has 8 heteroatoms. The maximum absolute atomic E-state index is 13.4. The van der Waals surface area contributed by atoms with Crippen molar-refractivity contribution in [1.82, 2.24) is 9.80 Å². The standard InChI is InChI=1S/C25H27F3N2O3/c1-33-22(17-6-3-2-4-7-17)24(32)30-14-5-8-19-16-29(15-13-21(19)30)23(31)18-9-11-20(12-10-18)25(26,27)28/h2-4,6-7,9-12,19,21-22H,5,8,13-16H2,1H3/t19-,21+,22-/m1/s1. The monoisotopic (exact) mass is 460 g/mol. The zero-order valence-corrected chi connectivity index (χ0v) is 18.4. The summed E-state index contributed by atoms with van der Waals surface area (Å²) >= 11 is 0. The van der Waals surface area contributed by atoms with Gasteiger partial charge in [0.25, 0.3) is 11.8 Å². The second-order valence-corrected chi connectivity index (χ2v) is 8.64. The van der Waals surface area contributed by atoms with Gasteiger partial charge in [-0.15, -0.1) is 0 Å². The number of amides is 2. The van der Waals surface area contributed by atoms with Crippen LogP contribution in [0.2, 0.25) is 0 Å². The van der Waals surface area contributed by atoms with Crippen LogP contribution in [0.5, 0.6) is 0 Å². The van der Waals surface area contributed by atoms with Crippen LogP contribution in [0.25, 0.3) is 0 Å². The fraction of sp³-hybridized carbons (Fsp3) is 0.440. The van der Waals surface area contributed by atoms with Gasteiger partial charge >= 0.3 is 6.18 Å². The molecule has 0 bridgehead atoms. The van der Waals surface area contributed by atoms with E-state index < -0.39 is 17.8 Å². The van der Waals surface area contributed by atoms with E-state index >= 15 is 0 Å². The number of hydrogen-bond acceptors (Lipinski definition) is 3. The van der Waals surface area contributed by atoms with Gasteiger partial charge in [-0.2, -0.15) is 13.2 Å². The normalized spacial score (nSPS) is 21.9. The summed E-state index contributed by atoms with van der Waals surface area (Å²) in [7, 11) is 1.53. The number of ether oxygens (including phenoxy) is 1. The largest absolute Gasteiger partial charge is 0.416 e. The Hall–Kier alpha value is -2.87. The number of carbonyl (C=O) groups is 2. The number of methoxy groups -OCH3 is 1.